The van der Waals surface area contributed by atoms with Crippen molar-refractivity contribution in [3.05, 3.63) is 35.9 Å². The number of carbonyl (C=O) groups excluding carboxylic acids is 2. The molecule has 2 saturated heterocycles. The summed E-state index contributed by atoms with van der Waals surface area (Å²) in [5, 5.41) is 0.385. The molecule has 0 aromatic heterocycles. The minimum absolute atomic E-state index is 0.0738. The van der Waals surface area contributed by atoms with E-state index in [-0.39, 0.29) is 30.1 Å². The summed E-state index contributed by atoms with van der Waals surface area (Å²) in [6.07, 6.45) is 3.74. The predicted molar refractivity (Wildman–Crippen MR) is 124 cm³/mol. The molecule has 0 radical (unpaired) electrons. The molecule has 0 bridgehead atoms. The number of ether oxygens (including phenoxy) is 1. The van der Waals surface area contributed by atoms with Gasteiger partial charge in [0.2, 0.25) is 0 Å². The number of thiocarbonyl (C=S) groups is 1. The Morgan fingerprint density at radius 3 is 2.45 bits per heavy atom. The number of esters is 1. The highest BCUT2D eigenvalue weighted by Crippen LogP contribution is 2.38. The Labute approximate surface area is 190 Å². The largest absolute Gasteiger partial charge is 0.459 e. The number of rotatable bonds is 5. The van der Waals surface area contributed by atoms with Gasteiger partial charge < -0.3 is 25.2 Å². The van der Waals surface area contributed by atoms with Crippen molar-refractivity contribution in [3.8, 4) is 0 Å². The van der Waals surface area contributed by atoms with E-state index in [9.17, 15) is 9.59 Å². The number of hydrogen-bond donors (Lipinski definition) is 1. The van der Waals surface area contributed by atoms with E-state index in [1.54, 1.807) is 11.9 Å². The molecular weight excluding hydrogens is 412 g/mol. The molecule has 1 aromatic carbocycles. The average molecular weight is 447 g/mol. The molecule has 7 nitrogen and oxygen atoms in total. The molecule has 2 amide bonds. The molecule has 2 atom stereocenters. The standard InChI is InChI=1S/C23H34N4O3S/c1-17(2)19(20(28)30-15-18-9-5-4-6-10-18)25(3)22(29)27-14-8-12-23(27)11-7-13-26(16-23)21(24)31/h4-6,9-10,17,19H,7-8,11-16H2,1-3H3,(H2,24,31)/t19-,23?/m0/s1. The van der Waals surface area contributed by atoms with Gasteiger partial charge in [-0.05, 0) is 49.4 Å². The third kappa shape index (κ3) is 5.11. The summed E-state index contributed by atoms with van der Waals surface area (Å²) in [6.45, 7) is 6.24. The van der Waals surface area contributed by atoms with Crippen molar-refractivity contribution < 1.29 is 14.3 Å². The quantitative estimate of drug-likeness (QED) is 0.553. The zero-order valence-electron chi connectivity index (χ0n) is 18.8. The van der Waals surface area contributed by atoms with Gasteiger partial charge in [0.25, 0.3) is 0 Å². The molecule has 8 heteroatoms. The molecule has 2 aliphatic rings. The predicted octanol–water partition coefficient (Wildman–Crippen LogP) is 2.98. The van der Waals surface area contributed by atoms with Gasteiger partial charge in [-0.1, -0.05) is 44.2 Å². The SMILES string of the molecule is CC(C)[C@@H](C(=O)OCc1ccccc1)N(C)C(=O)N1CCCC12CCCN(C(N)=S)C2. The molecule has 2 fully saturated rings. The van der Waals surface area contributed by atoms with Gasteiger partial charge in [-0.2, -0.15) is 0 Å². The molecule has 1 unspecified atom stereocenters. The van der Waals surface area contributed by atoms with E-state index >= 15 is 0 Å². The van der Waals surface area contributed by atoms with Crippen molar-refractivity contribution >= 4 is 29.3 Å². The molecule has 1 aromatic rings. The fraction of sp³-hybridized carbons (Fsp3) is 0.609. The van der Waals surface area contributed by atoms with Crippen LogP contribution in [-0.2, 0) is 16.1 Å². The van der Waals surface area contributed by atoms with Crippen LogP contribution >= 0.6 is 12.2 Å². The second-order valence-electron chi connectivity index (χ2n) is 9.02. The number of piperidine rings is 1. The van der Waals surface area contributed by atoms with Crippen LogP contribution in [0.3, 0.4) is 0 Å². The van der Waals surface area contributed by atoms with Crippen LogP contribution in [0.2, 0.25) is 0 Å². The summed E-state index contributed by atoms with van der Waals surface area (Å²) in [5.41, 5.74) is 6.54. The lowest BCUT2D eigenvalue weighted by Crippen LogP contribution is -2.62. The highest BCUT2D eigenvalue weighted by molar-refractivity contribution is 7.80. The summed E-state index contributed by atoms with van der Waals surface area (Å²) in [5.74, 6) is -0.452. The third-order valence-corrected chi connectivity index (χ3v) is 6.77. The fourth-order valence-corrected chi connectivity index (χ4v) is 5.12. The highest BCUT2D eigenvalue weighted by atomic mass is 32.1. The van der Waals surface area contributed by atoms with Crippen LogP contribution in [0.1, 0.15) is 45.1 Å². The van der Waals surface area contributed by atoms with E-state index in [0.717, 1.165) is 37.8 Å². The number of nitrogens with two attached hydrogens (primary N) is 1. The van der Waals surface area contributed by atoms with Gasteiger partial charge in [0, 0.05) is 26.7 Å². The maximum Gasteiger partial charge on any atom is 0.329 e. The summed E-state index contributed by atoms with van der Waals surface area (Å²) < 4.78 is 5.58. The van der Waals surface area contributed by atoms with Crippen LogP contribution in [0.15, 0.2) is 30.3 Å². The first kappa shape index (κ1) is 23.3. The summed E-state index contributed by atoms with van der Waals surface area (Å²) >= 11 is 5.20. The first-order valence-electron chi connectivity index (χ1n) is 11.0. The average Bonchev–Trinajstić information content (AvgIpc) is 3.14. The van der Waals surface area contributed by atoms with Gasteiger partial charge in [0.1, 0.15) is 12.6 Å². The fourth-order valence-electron chi connectivity index (χ4n) is 4.96. The number of likely N-dealkylation sites (N-methyl/N-ethyl adjacent to an activating group) is 1. The first-order valence-corrected chi connectivity index (χ1v) is 11.5. The molecule has 31 heavy (non-hydrogen) atoms. The van der Waals surface area contributed by atoms with E-state index in [2.05, 4.69) is 0 Å². The minimum Gasteiger partial charge on any atom is -0.459 e. The maximum absolute atomic E-state index is 13.6. The second kappa shape index (κ2) is 9.85. The number of likely N-dealkylation sites (tertiary alicyclic amines) is 2. The van der Waals surface area contributed by atoms with Crippen LogP contribution < -0.4 is 5.73 Å². The molecule has 170 valence electrons. The smallest absolute Gasteiger partial charge is 0.329 e. The number of benzene rings is 1. The van der Waals surface area contributed by atoms with E-state index in [1.807, 2.05) is 54.0 Å². The normalized spacial score (nSPS) is 21.9. The summed E-state index contributed by atoms with van der Waals surface area (Å²) in [7, 11) is 1.71. The molecule has 2 N–H and O–H groups in total. The zero-order valence-corrected chi connectivity index (χ0v) is 19.6. The summed E-state index contributed by atoms with van der Waals surface area (Å²) in [6, 6.07) is 8.79. The molecule has 0 saturated carbocycles. The van der Waals surface area contributed by atoms with Crippen molar-refractivity contribution in [2.75, 3.05) is 26.7 Å². The lowest BCUT2D eigenvalue weighted by atomic mass is 9.86. The first-order chi connectivity index (χ1) is 14.7. The van der Waals surface area contributed by atoms with Gasteiger partial charge >= 0.3 is 12.0 Å². The molecule has 1 spiro atoms. The lowest BCUT2D eigenvalue weighted by molar-refractivity contribution is -0.151. The number of amides is 2. The van der Waals surface area contributed by atoms with Crippen LogP contribution in [0.25, 0.3) is 0 Å². The van der Waals surface area contributed by atoms with Crippen molar-refractivity contribution in [2.24, 2.45) is 11.7 Å². The topological polar surface area (TPSA) is 79.1 Å². The molecule has 3 rings (SSSR count). The van der Waals surface area contributed by atoms with Gasteiger partial charge in [-0.25, -0.2) is 9.59 Å². The number of urea groups is 1. The van der Waals surface area contributed by atoms with Crippen LogP contribution in [-0.4, -0.2) is 70.1 Å². The second-order valence-corrected chi connectivity index (χ2v) is 9.44. The Morgan fingerprint density at radius 1 is 1.19 bits per heavy atom. The van der Waals surface area contributed by atoms with E-state index < -0.39 is 6.04 Å². The van der Waals surface area contributed by atoms with Gasteiger partial charge in [-0.3, -0.25) is 0 Å². The van der Waals surface area contributed by atoms with Gasteiger partial charge in [0.15, 0.2) is 5.11 Å². The van der Waals surface area contributed by atoms with Crippen molar-refractivity contribution in [3.63, 3.8) is 0 Å². The monoisotopic (exact) mass is 446 g/mol. The van der Waals surface area contributed by atoms with E-state index in [4.69, 9.17) is 22.7 Å². The number of hydrogen-bond acceptors (Lipinski definition) is 4. The van der Waals surface area contributed by atoms with Gasteiger partial charge in [0.05, 0.1) is 5.54 Å². The Hall–Kier alpha value is -2.35. The van der Waals surface area contributed by atoms with Crippen LogP contribution in [0.5, 0.6) is 0 Å². The van der Waals surface area contributed by atoms with Crippen molar-refractivity contribution in [2.45, 2.75) is 57.7 Å². The zero-order chi connectivity index (χ0) is 22.6. The Kier molecular flexibility index (Phi) is 7.41. The number of carbonyl (C=O) groups is 2. The molecule has 0 aliphatic carbocycles. The Bertz CT molecular complexity index is 803. The van der Waals surface area contributed by atoms with Crippen molar-refractivity contribution in [1.29, 1.82) is 0 Å². The highest BCUT2D eigenvalue weighted by Gasteiger charge is 2.48. The minimum atomic E-state index is -0.649. The van der Waals surface area contributed by atoms with Gasteiger partial charge in [-0.15, -0.1) is 0 Å². The van der Waals surface area contributed by atoms with E-state index in [0.29, 0.717) is 18.2 Å². The van der Waals surface area contributed by atoms with Crippen LogP contribution in [0, 0.1) is 5.92 Å². The summed E-state index contributed by atoms with van der Waals surface area (Å²) in [4.78, 5) is 32.0. The maximum atomic E-state index is 13.6. The molecule has 2 heterocycles. The van der Waals surface area contributed by atoms with Crippen LogP contribution in [0.4, 0.5) is 4.79 Å². The molecule has 2 aliphatic heterocycles. The van der Waals surface area contributed by atoms with Crippen molar-refractivity contribution in [1.82, 2.24) is 14.7 Å². The molecular formula is C23H34N4O3S. The lowest BCUT2D eigenvalue weighted by Gasteiger charge is -2.47. The Balaban J connectivity index is 1.72. The third-order valence-electron chi connectivity index (χ3n) is 6.51. The number of nitrogens with zero attached hydrogens (tertiary/aromatic N) is 3. The van der Waals surface area contributed by atoms with E-state index in [1.165, 1.54) is 0 Å². The Morgan fingerprint density at radius 2 is 1.84 bits per heavy atom.